The first-order valence-corrected chi connectivity index (χ1v) is 6.98. The number of rotatable bonds is 3. The van der Waals surface area contributed by atoms with Crippen LogP contribution in [0.25, 0.3) is 0 Å². The first-order chi connectivity index (χ1) is 9.93. The number of amides is 1. The van der Waals surface area contributed by atoms with Crippen molar-refractivity contribution in [1.29, 1.82) is 0 Å². The number of esters is 1. The molecule has 1 aromatic heterocycles. The third kappa shape index (κ3) is 3.26. The van der Waals surface area contributed by atoms with Gasteiger partial charge in [-0.05, 0) is 20.8 Å². The normalized spacial score (nSPS) is 18.7. The summed E-state index contributed by atoms with van der Waals surface area (Å²) >= 11 is 0. The molecule has 1 aliphatic rings. The molecule has 0 radical (unpaired) electrons. The van der Waals surface area contributed by atoms with E-state index in [2.05, 4.69) is 4.74 Å². The Kier molecular flexibility index (Phi) is 4.67. The van der Waals surface area contributed by atoms with Crippen LogP contribution in [0.15, 0.2) is 4.42 Å². The van der Waals surface area contributed by atoms with E-state index in [0.717, 1.165) is 11.3 Å². The number of carbonyl (C=O) groups excluding carboxylic acids is 2. The summed E-state index contributed by atoms with van der Waals surface area (Å²) in [6.45, 7) is 6.84. The summed E-state index contributed by atoms with van der Waals surface area (Å²) in [6.07, 6.45) is -0.161. The van der Waals surface area contributed by atoms with Crippen LogP contribution in [0, 0.1) is 20.8 Å². The summed E-state index contributed by atoms with van der Waals surface area (Å²) in [5, 5.41) is 0. The summed E-state index contributed by atoms with van der Waals surface area (Å²) in [5.41, 5.74) is 1.49. The van der Waals surface area contributed by atoms with Crippen LogP contribution in [0.4, 0.5) is 0 Å². The van der Waals surface area contributed by atoms with E-state index in [-0.39, 0.29) is 24.4 Å². The lowest BCUT2D eigenvalue weighted by Crippen LogP contribution is -2.46. The van der Waals surface area contributed by atoms with Gasteiger partial charge in [-0.2, -0.15) is 0 Å². The van der Waals surface area contributed by atoms with Crippen molar-refractivity contribution in [3.8, 4) is 0 Å². The zero-order valence-electron chi connectivity index (χ0n) is 12.9. The molecule has 0 N–H and O–H groups in total. The van der Waals surface area contributed by atoms with Crippen LogP contribution >= 0.6 is 0 Å². The smallest absolute Gasteiger partial charge is 0.308 e. The molecule has 2 rings (SSSR count). The average Bonchev–Trinajstić information content (AvgIpc) is 2.71. The molecule has 0 bridgehead atoms. The SMILES string of the molecule is COC(=O)CC1CN(C(=O)c2c(C)oc(C)c2C)CCO1. The second-order valence-electron chi connectivity index (χ2n) is 5.24. The highest BCUT2D eigenvalue weighted by atomic mass is 16.5. The Balaban J connectivity index is 2.10. The number of morpholine rings is 1. The maximum atomic E-state index is 12.6. The fraction of sp³-hybridized carbons (Fsp3) is 0.600. The summed E-state index contributed by atoms with van der Waals surface area (Å²) < 4.78 is 15.7. The maximum Gasteiger partial charge on any atom is 0.308 e. The zero-order chi connectivity index (χ0) is 15.6. The molecule has 0 spiro atoms. The fourth-order valence-electron chi connectivity index (χ4n) is 2.56. The maximum absolute atomic E-state index is 12.6. The second-order valence-corrected chi connectivity index (χ2v) is 5.24. The van der Waals surface area contributed by atoms with Crippen LogP contribution in [-0.4, -0.2) is 49.7 Å². The van der Waals surface area contributed by atoms with Crippen molar-refractivity contribution >= 4 is 11.9 Å². The standard InChI is InChI=1S/C15H21NO5/c1-9-10(2)21-11(3)14(9)15(18)16-5-6-20-12(8-16)7-13(17)19-4/h12H,5-8H2,1-4H3. The van der Waals surface area contributed by atoms with E-state index < -0.39 is 0 Å². The number of hydrogen-bond acceptors (Lipinski definition) is 5. The predicted octanol–water partition coefficient (Wildman–Crippen LogP) is 1.61. The Morgan fingerprint density at radius 3 is 2.57 bits per heavy atom. The van der Waals surface area contributed by atoms with Crippen molar-refractivity contribution in [2.24, 2.45) is 0 Å². The van der Waals surface area contributed by atoms with Gasteiger partial charge in [0.25, 0.3) is 5.91 Å². The van der Waals surface area contributed by atoms with Gasteiger partial charge in [-0.15, -0.1) is 0 Å². The van der Waals surface area contributed by atoms with E-state index in [0.29, 0.717) is 31.0 Å². The number of carbonyl (C=O) groups is 2. The molecule has 2 heterocycles. The molecule has 1 saturated heterocycles. The molecular formula is C15H21NO5. The number of methoxy groups -OCH3 is 1. The summed E-state index contributed by atoms with van der Waals surface area (Å²) in [5.74, 6) is 0.988. The average molecular weight is 295 g/mol. The van der Waals surface area contributed by atoms with Crippen molar-refractivity contribution in [3.05, 3.63) is 22.6 Å². The zero-order valence-corrected chi connectivity index (χ0v) is 12.9. The molecule has 0 saturated carbocycles. The molecule has 116 valence electrons. The number of furan rings is 1. The highest BCUT2D eigenvalue weighted by Gasteiger charge is 2.29. The topological polar surface area (TPSA) is 69.0 Å². The van der Waals surface area contributed by atoms with Crippen molar-refractivity contribution in [2.45, 2.75) is 33.3 Å². The molecule has 0 aliphatic carbocycles. The minimum atomic E-state index is -0.333. The van der Waals surface area contributed by atoms with Gasteiger partial charge >= 0.3 is 5.97 Å². The van der Waals surface area contributed by atoms with E-state index in [1.165, 1.54) is 7.11 Å². The van der Waals surface area contributed by atoms with Crippen LogP contribution in [0.1, 0.15) is 33.9 Å². The highest BCUT2D eigenvalue weighted by Crippen LogP contribution is 2.23. The summed E-state index contributed by atoms with van der Waals surface area (Å²) in [7, 11) is 1.34. The molecule has 1 unspecified atom stereocenters. The van der Waals surface area contributed by atoms with Gasteiger partial charge in [0.2, 0.25) is 0 Å². The van der Waals surface area contributed by atoms with Crippen molar-refractivity contribution in [3.63, 3.8) is 0 Å². The Morgan fingerprint density at radius 2 is 2.00 bits per heavy atom. The molecule has 6 heteroatoms. The lowest BCUT2D eigenvalue weighted by Gasteiger charge is -2.32. The quantitative estimate of drug-likeness (QED) is 0.792. The Morgan fingerprint density at radius 1 is 1.29 bits per heavy atom. The number of ether oxygens (including phenoxy) is 2. The van der Waals surface area contributed by atoms with Crippen molar-refractivity contribution in [1.82, 2.24) is 4.90 Å². The second kappa shape index (κ2) is 6.30. The van der Waals surface area contributed by atoms with Crippen molar-refractivity contribution in [2.75, 3.05) is 26.8 Å². The van der Waals surface area contributed by atoms with Crippen LogP contribution in [0.5, 0.6) is 0 Å². The van der Waals surface area contributed by atoms with Gasteiger partial charge in [0.15, 0.2) is 0 Å². The number of hydrogen-bond donors (Lipinski definition) is 0. The Bertz CT molecular complexity index is 549. The lowest BCUT2D eigenvalue weighted by atomic mass is 10.1. The van der Waals surface area contributed by atoms with Gasteiger partial charge in [-0.25, -0.2) is 0 Å². The third-order valence-electron chi connectivity index (χ3n) is 3.82. The van der Waals surface area contributed by atoms with Crippen molar-refractivity contribution < 1.29 is 23.5 Å². The minimum Gasteiger partial charge on any atom is -0.469 e. The van der Waals surface area contributed by atoms with Gasteiger partial charge in [-0.3, -0.25) is 9.59 Å². The molecule has 1 atom stereocenters. The Hall–Kier alpha value is -1.82. The van der Waals surface area contributed by atoms with E-state index in [1.54, 1.807) is 11.8 Å². The summed E-state index contributed by atoms with van der Waals surface area (Å²) in [4.78, 5) is 25.7. The first-order valence-electron chi connectivity index (χ1n) is 6.98. The number of nitrogens with zero attached hydrogens (tertiary/aromatic N) is 1. The minimum absolute atomic E-state index is 0.0694. The van der Waals surface area contributed by atoms with E-state index in [4.69, 9.17) is 9.15 Å². The fourth-order valence-corrected chi connectivity index (χ4v) is 2.56. The van der Waals surface area contributed by atoms with Crippen LogP contribution in [0.3, 0.4) is 0 Å². The van der Waals surface area contributed by atoms with Crippen LogP contribution in [-0.2, 0) is 14.3 Å². The molecule has 1 fully saturated rings. The van der Waals surface area contributed by atoms with Gasteiger partial charge < -0.3 is 18.8 Å². The molecule has 21 heavy (non-hydrogen) atoms. The lowest BCUT2D eigenvalue weighted by molar-refractivity contribution is -0.145. The van der Waals surface area contributed by atoms with Gasteiger partial charge in [0.1, 0.15) is 11.5 Å². The van der Waals surface area contributed by atoms with Gasteiger partial charge in [0.05, 0.1) is 31.8 Å². The monoisotopic (exact) mass is 295 g/mol. The van der Waals surface area contributed by atoms with Crippen LogP contribution in [0.2, 0.25) is 0 Å². The molecule has 1 aromatic rings. The van der Waals surface area contributed by atoms with Crippen LogP contribution < -0.4 is 0 Å². The Labute approximate surface area is 124 Å². The largest absolute Gasteiger partial charge is 0.469 e. The molecule has 0 aromatic carbocycles. The highest BCUT2D eigenvalue weighted by molar-refractivity contribution is 5.97. The van der Waals surface area contributed by atoms with Gasteiger partial charge in [0, 0.05) is 18.7 Å². The molecular weight excluding hydrogens is 274 g/mol. The molecule has 1 aliphatic heterocycles. The van der Waals surface area contributed by atoms with E-state index in [9.17, 15) is 9.59 Å². The van der Waals surface area contributed by atoms with E-state index >= 15 is 0 Å². The third-order valence-corrected chi connectivity index (χ3v) is 3.82. The predicted molar refractivity (Wildman–Crippen MR) is 75.2 cm³/mol. The molecule has 1 amide bonds. The van der Waals surface area contributed by atoms with Gasteiger partial charge in [-0.1, -0.05) is 0 Å². The molecule has 6 nitrogen and oxygen atoms in total. The van der Waals surface area contributed by atoms with E-state index in [1.807, 2.05) is 13.8 Å². The number of aryl methyl sites for hydroxylation is 2. The first kappa shape index (κ1) is 15.6. The summed E-state index contributed by atoms with van der Waals surface area (Å²) in [6, 6.07) is 0.